The van der Waals surface area contributed by atoms with E-state index in [9.17, 15) is 13.2 Å². The molecule has 0 aliphatic carbocycles. The molecule has 5 rings (SSSR count). The number of fused-ring (bicyclic) bond motifs is 1. The van der Waals surface area contributed by atoms with Crippen molar-refractivity contribution in [3.63, 3.8) is 0 Å². The van der Waals surface area contributed by atoms with Gasteiger partial charge in [-0.2, -0.15) is 18.2 Å². The Hall–Kier alpha value is -4.28. The molecule has 2 heterocycles. The molecule has 3 N–H and O–H groups in total. The predicted molar refractivity (Wildman–Crippen MR) is 130 cm³/mol. The third-order valence-corrected chi connectivity index (χ3v) is 6.41. The number of likely N-dealkylation sites (tertiary alicyclic amines) is 1. The number of nitrogens with two attached hydrogens (primary N) is 1. The second-order valence-electron chi connectivity index (χ2n) is 8.74. The topological polar surface area (TPSA) is 110 Å². The molecule has 0 spiro atoms. The first-order valence-corrected chi connectivity index (χ1v) is 11.7. The Kier molecular flexibility index (Phi) is 6.60. The van der Waals surface area contributed by atoms with Crippen molar-refractivity contribution in [3.05, 3.63) is 77.7 Å². The van der Waals surface area contributed by atoms with Gasteiger partial charge in [0.05, 0.1) is 12.2 Å². The van der Waals surface area contributed by atoms with Gasteiger partial charge in [-0.3, -0.25) is 0 Å². The van der Waals surface area contributed by atoms with Crippen LogP contribution in [0.1, 0.15) is 35.9 Å². The third kappa shape index (κ3) is 5.16. The molecule has 0 bridgehead atoms. The van der Waals surface area contributed by atoms with Crippen LogP contribution in [0.4, 0.5) is 13.2 Å². The van der Waals surface area contributed by atoms with Crippen molar-refractivity contribution in [2.24, 2.45) is 10.9 Å². The van der Waals surface area contributed by atoms with E-state index in [1.54, 1.807) is 17.0 Å². The van der Waals surface area contributed by atoms with Gasteiger partial charge >= 0.3 is 6.18 Å². The second kappa shape index (κ2) is 10.00. The van der Waals surface area contributed by atoms with Gasteiger partial charge in [0.1, 0.15) is 11.8 Å². The van der Waals surface area contributed by atoms with E-state index in [2.05, 4.69) is 15.3 Å². The van der Waals surface area contributed by atoms with Crippen LogP contribution in [-0.4, -0.2) is 39.4 Å². The number of hydrogen-bond acceptors (Lipinski definition) is 6. The molecule has 11 heteroatoms. The van der Waals surface area contributed by atoms with Crippen LogP contribution in [0, 0.1) is 0 Å². The van der Waals surface area contributed by atoms with Gasteiger partial charge in [0.25, 0.3) is 0 Å². The third-order valence-electron chi connectivity index (χ3n) is 6.41. The van der Waals surface area contributed by atoms with Crippen LogP contribution in [0.25, 0.3) is 22.2 Å². The zero-order valence-corrected chi connectivity index (χ0v) is 19.7. The van der Waals surface area contributed by atoms with Crippen molar-refractivity contribution >= 4 is 16.7 Å². The fraction of sp³-hybridized carbons (Fsp3) is 0.269. The predicted octanol–water partition coefficient (Wildman–Crippen LogP) is 5.37. The molecular formula is C26H24F3N5O3. The van der Waals surface area contributed by atoms with Crippen LogP contribution in [-0.2, 0) is 12.6 Å². The van der Waals surface area contributed by atoms with Gasteiger partial charge in [0, 0.05) is 18.5 Å². The van der Waals surface area contributed by atoms with E-state index in [1.807, 2.05) is 30.3 Å². The van der Waals surface area contributed by atoms with Gasteiger partial charge in [0.15, 0.2) is 0 Å². The van der Waals surface area contributed by atoms with Crippen LogP contribution >= 0.6 is 0 Å². The molecule has 37 heavy (non-hydrogen) atoms. The van der Waals surface area contributed by atoms with Crippen molar-refractivity contribution < 1.29 is 27.6 Å². The van der Waals surface area contributed by atoms with Crippen LogP contribution in [0.5, 0.6) is 5.75 Å². The lowest BCUT2D eigenvalue weighted by Gasteiger charge is -2.21. The maximum atomic E-state index is 13.2. The first kappa shape index (κ1) is 24.4. The Morgan fingerprint density at radius 3 is 2.73 bits per heavy atom. The number of nitrogens with zero attached hydrogens (tertiary/aromatic N) is 4. The molecule has 1 aliphatic rings. The van der Waals surface area contributed by atoms with Crippen molar-refractivity contribution in [1.82, 2.24) is 15.0 Å². The SMILES string of the molecule is N/C(=N/O)N1CCC[C@H]1c1nc(-c2ccc3cc(OCCc4ccccc4C(F)(F)F)ccc3c2)no1. The normalized spacial score (nSPS) is 16.5. The maximum absolute atomic E-state index is 13.2. The summed E-state index contributed by atoms with van der Waals surface area (Å²) in [6.07, 6.45) is -2.65. The van der Waals surface area contributed by atoms with E-state index >= 15 is 0 Å². The standard InChI is InChI=1S/C26H24F3N5O3/c27-26(28,29)21-5-2-1-4-16(21)11-13-36-20-10-9-17-14-19(8-7-18(17)15-20)23-31-24(37-33-23)22-6-3-12-34(22)25(30)32-35/h1-2,4-5,7-10,14-15,22,35H,3,6,11-13H2,(H2,30,32)/t22-/m0/s1. The fourth-order valence-corrected chi connectivity index (χ4v) is 4.59. The van der Waals surface area contributed by atoms with E-state index in [4.69, 9.17) is 20.2 Å². The maximum Gasteiger partial charge on any atom is 0.416 e. The number of guanidine groups is 1. The second-order valence-corrected chi connectivity index (χ2v) is 8.74. The number of aromatic nitrogens is 2. The molecule has 1 atom stereocenters. The average Bonchev–Trinajstić information content (AvgIpc) is 3.58. The van der Waals surface area contributed by atoms with Gasteiger partial charge in [-0.05, 0) is 53.4 Å². The van der Waals surface area contributed by atoms with Gasteiger partial charge in [-0.1, -0.05) is 46.7 Å². The monoisotopic (exact) mass is 511 g/mol. The Labute approximate surface area is 210 Å². The highest BCUT2D eigenvalue weighted by atomic mass is 19.4. The Bertz CT molecular complexity index is 1440. The molecule has 8 nitrogen and oxygen atoms in total. The molecule has 0 amide bonds. The van der Waals surface area contributed by atoms with E-state index in [1.165, 1.54) is 12.1 Å². The number of oxime groups is 1. The summed E-state index contributed by atoms with van der Waals surface area (Å²) in [6.45, 7) is 0.750. The number of rotatable bonds is 6. The molecule has 3 aromatic carbocycles. The molecule has 0 saturated carbocycles. The van der Waals surface area contributed by atoms with Crippen LogP contribution in [0.2, 0.25) is 0 Å². The van der Waals surface area contributed by atoms with Crippen molar-refractivity contribution in [3.8, 4) is 17.1 Å². The quantitative estimate of drug-likeness (QED) is 0.155. The van der Waals surface area contributed by atoms with Gasteiger partial charge in [-0.15, -0.1) is 0 Å². The van der Waals surface area contributed by atoms with Crippen LogP contribution in [0.15, 0.2) is 70.3 Å². The van der Waals surface area contributed by atoms with Gasteiger partial charge in [-0.25, -0.2) is 0 Å². The van der Waals surface area contributed by atoms with E-state index in [0.29, 0.717) is 24.0 Å². The van der Waals surface area contributed by atoms with Crippen LogP contribution in [0.3, 0.4) is 0 Å². The zero-order valence-electron chi connectivity index (χ0n) is 19.7. The zero-order chi connectivity index (χ0) is 26.0. The lowest BCUT2D eigenvalue weighted by Crippen LogP contribution is -2.36. The summed E-state index contributed by atoms with van der Waals surface area (Å²) in [5.74, 6) is 1.40. The molecule has 0 unspecified atom stereocenters. The van der Waals surface area contributed by atoms with Crippen molar-refractivity contribution in [2.45, 2.75) is 31.5 Å². The highest BCUT2D eigenvalue weighted by Crippen LogP contribution is 2.34. The molecule has 1 saturated heterocycles. The highest BCUT2D eigenvalue weighted by molar-refractivity contribution is 5.87. The number of ether oxygens (including phenoxy) is 1. The highest BCUT2D eigenvalue weighted by Gasteiger charge is 2.33. The molecular weight excluding hydrogens is 487 g/mol. The molecule has 0 radical (unpaired) electrons. The van der Waals surface area contributed by atoms with Gasteiger partial charge in [0.2, 0.25) is 17.7 Å². The van der Waals surface area contributed by atoms with Crippen LogP contribution < -0.4 is 10.5 Å². The number of hydrogen-bond donors (Lipinski definition) is 2. The van der Waals surface area contributed by atoms with E-state index < -0.39 is 11.7 Å². The lowest BCUT2D eigenvalue weighted by atomic mass is 10.0. The van der Waals surface area contributed by atoms with Crippen molar-refractivity contribution in [2.75, 3.05) is 13.2 Å². The molecule has 192 valence electrons. The first-order valence-electron chi connectivity index (χ1n) is 11.7. The Morgan fingerprint density at radius 1 is 1.14 bits per heavy atom. The minimum absolute atomic E-state index is 0.00976. The molecule has 1 fully saturated rings. The summed E-state index contributed by atoms with van der Waals surface area (Å²) in [5.41, 5.74) is 6.08. The Balaban J connectivity index is 1.28. The summed E-state index contributed by atoms with van der Waals surface area (Å²) < 4.78 is 50.8. The first-order chi connectivity index (χ1) is 17.8. The largest absolute Gasteiger partial charge is 0.493 e. The minimum atomic E-state index is -4.39. The van der Waals surface area contributed by atoms with E-state index in [-0.39, 0.29) is 30.6 Å². The fourth-order valence-electron chi connectivity index (χ4n) is 4.59. The molecule has 1 aliphatic heterocycles. The summed E-state index contributed by atoms with van der Waals surface area (Å²) in [6, 6.07) is 16.4. The summed E-state index contributed by atoms with van der Waals surface area (Å²) >= 11 is 0. The smallest absolute Gasteiger partial charge is 0.416 e. The van der Waals surface area contributed by atoms with Gasteiger partial charge < -0.3 is 25.1 Å². The Morgan fingerprint density at radius 2 is 1.92 bits per heavy atom. The van der Waals surface area contributed by atoms with E-state index in [0.717, 1.165) is 35.2 Å². The summed E-state index contributed by atoms with van der Waals surface area (Å²) in [4.78, 5) is 6.25. The minimum Gasteiger partial charge on any atom is -0.493 e. The number of benzene rings is 3. The van der Waals surface area contributed by atoms with Crippen molar-refractivity contribution in [1.29, 1.82) is 0 Å². The lowest BCUT2D eigenvalue weighted by molar-refractivity contribution is -0.138. The summed E-state index contributed by atoms with van der Waals surface area (Å²) in [5, 5.41) is 18.0. The molecule has 4 aromatic rings. The molecule has 1 aromatic heterocycles. The average molecular weight is 512 g/mol. The number of halogens is 3. The number of alkyl halides is 3. The summed E-state index contributed by atoms with van der Waals surface area (Å²) in [7, 11) is 0.